The summed E-state index contributed by atoms with van der Waals surface area (Å²) in [6, 6.07) is 9.48. The first kappa shape index (κ1) is 21.9. The molecular weight excluding hydrogens is 440 g/mol. The van der Waals surface area contributed by atoms with E-state index in [0.29, 0.717) is 22.5 Å². The Morgan fingerprint density at radius 2 is 2.00 bits per heavy atom. The van der Waals surface area contributed by atoms with Crippen LogP contribution in [0, 0.1) is 6.92 Å². The second-order valence-corrected chi connectivity index (χ2v) is 7.82. The highest BCUT2D eigenvalue weighted by molar-refractivity contribution is 6.20. The molecule has 4 rings (SSSR count). The van der Waals surface area contributed by atoms with Crippen molar-refractivity contribution in [3.63, 3.8) is 0 Å². The van der Waals surface area contributed by atoms with E-state index in [-0.39, 0.29) is 5.75 Å². The van der Waals surface area contributed by atoms with Crippen molar-refractivity contribution in [1.29, 1.82) is 0 Å². The van der Waals surface area contributed by atoms with Crippen molar-refractivity contribution in [2.75, 3.05) is 23.3 Å². The summed E-state index contributed by atoms with van der Waals surface area (Å²) in [5, 5.41) is 10.9. The number of nitrogens with one attached hydrogen (secondary N) is 1. The average Bonchev–Trinajstić information content (AvgIpc) is 3.29. The third-order valence-corrected chi connectivity index (χ3v) is 5.14. The highest BCUT2D eigenvalue weighted by Crippen LogP contribution is 2.31. The fourth-order valence-electron chi connectivity index (χ4n) is 3.56. The van der Waals surface area contributed by atoms with Crippen LogP contribution >= 0.6 is 11.6 Å². The van der Waals surface area contributed by atoms with Gasteiger partial charge in [-0.3, -0.25) is 4.79 Å². The molecule has 0 radical (unpaired) electrons. The molecule has 1 aliphatic rings. The predicted octanol–water partition coefficient (Wildman–Crippen LogP) is 4.87. The van der Waals surface area contributed by atoms with Crippen LogP contribution < -0.4 is 15.0 Å². The number of rotatable bonds is 6. The number of aromatic nitrogens is 3. The van der Waals surface area contributed by atoms with Crippen molar-refractivity contribution >= 4 is 29.0 Å². The normalized spacial score (nSPS) is 13.8. The van der Waals surface area contributed by atoms with Crippen LogP contribution in [0.2, 0.25) is 0 Å². The van der Waals surface area contributed by atoms with Gasteiger partial charge >= 0.3 is 5.57 Å². The lowest BCUT2D eigenvalue weighted by atomic mass is 10.1. The summed E-state index contributed by atoms with van der Waals surface area (Å²) < 4.78 is 30.0. The van der Waals surface area contributed by atoms with E-state index >= 15 is 0 Å². The predicted molar refractivity (Wildman–Crippen MR) is 117 cm³/mol. The number of anilines is 2. The molecule has 1 fully saturated rings. The van der Waals surface area contributed by atoms with E-state index in [1.165, 1.54) is 24.4 Å². The van der Waals surface area contributed by atoms with Crippen LogP contribution in [0.3, 0.4) is 0 Å². The van der Waals surface area contributed by atoms with Gasteiger partial charge in [0.15, 0.2) is 0 Å². The quantitative estimate of drug-likeness (QED) is 0.530. The van der Waals surface area contributed by atoms with E-state index in [4.69, 9.17) is 11.6 Å². The molecule has 10 heteroatoms. The monoisotopic (exact) mass is 459 g/mol. The Kier molecular flexibility index (Phi) is 6.18. The van der Waals surface area contributed by atoms with Crippen LogP contribution in [0.15, 0.2) is 48.8 Å². The number of benzene rings is 1. The molecule has 1 aliphatic heterocycles. The van der Waals surface area contributed by atoms with Gasteiger partial charge in [-0.05, 0) is 61.7 Å². The minimum Gasteiger partial charge on any atom is -0.420 e. The number of aryl methyl sites for hydroxylation is 1. The number of nitrogens with zero attached hydrogens (tertiary/aromatic N) is 4. The summed E-state index contributed by atoms with van der Waals surface area (Å²) in [5.74, 6) is 0.261. The molecule has 1 N–H and O–H groups in total. The molecule has 32 heavy (non-hydrogen) atoms. The van der Waals surface area contributed by atoms with Crippen LogP contribution in [-0.4, -0.2) is 39.7 Å². The zero-order valence-corrected chi connectivity index (χ0v) is 17.9. The van der Waals surface area contributed by atoms with E-state index in [9.17, 15) is 13.6 Å². The van der Waals surface area contributed by atoms with Gasteiger partial charge in [0.05, 0.1) is 11.3 Å². The number of carbonyl (C=O) groups excluding carboxylic acids is 1. The van der Waals surface area contributed by atoms with Crippen molar-refractivity contribution in [3.8, 4) is 17.0 Å². The maximum absolute atomic E-state index is 12.9. The lowest BCUT2D eigenvalue weighted by Gasteiger charge is -2.20. The van der Waals surface area contributed by atoms with Crippen LogP contribution in [0.4, 0.5) is 20.3 Å². The summed E-state index contributed by atoms with van der Waals surface area (Å²) in [6.07, 6.45) is 5.26. The van der Waals surface area contributed by atoms with Crippen LogP contribution in [0.1, 0.15) is 28.8 Å². The van der Waals surface area contributed by atoms with Gasteiger partial charge in [0.2, 0.25) is 0 Å². The number of hydrogen-bond acceptors (Lipinski definition) is 6. The molecule has 7 nitrogen and oxygen atoms in total. The minimum absolute atomic E-state index is 0.109. The van der Waals surface area contributed by atoms with Crippen molar-refractivity contribution < 1.29 is 18.3 Å². The maximum atomic E-state index is 12.9. The second-order valence-electron chi connectivity index (χ2n) is 7.38. The molecular formula is C22H20ClF2N5O2. The van der Waals surface area contributed by atoms with Gasteiger partial charge in [0.25, 0.3) is 5.91 Å². The largest absolute Gasteiger partial charge is 0.487 e. The van der Waals surface area contributed by atoms with Gasteiger partial charge < -0.3 is 15.0 Å². The summed E-state index contributed by atoms with van der Waals surface area (Å²) in [7, 11) is 0. The average molecular weight is 460 g/mol. The van der Waals surface area contributed by atoms with E-state index in [1.807, 2.05) is 6.07 Å². The topological polar surface area (TPSA) is 80.2 Å². The highest BCUT2D eigenvalue weighted by Gasteiger charge is 2.28. The minimum atomic E-state index is -3.81. The lowest BCUT2D eigenvalue weighted by molar-refractivity contribution is -0.0964. The first-order valence-corrected chi connectivity index (χ1v) is 10.4. The first-order valence-electron chi connectivity index (χ1n) is 10.0. The number of alkyl halides is 3. The van der Waals surface area contributed by atoms with Crippen LogP contribution in [0.25, 0.3) is 11.3 Å². The first-order chi connectivity index (χ1) is 15.3. The lowest BCUT2D eigenvalue weighted by Crippen LogP contribution is -2.21. The molecule has 1 saturated heterocycles. The summed E-state index contributed by atoms with van der Waals surface area (Å²) in [5.41, 5.74) is -1.15. The Morgan fingerprint density at radius 1 is 1.22 bits per heavy atom. The molecule has 0 unspecified atom stereocenters. The molecule has 1 amide bonds. The molecule has 0 saturated carbocycles. The fourth-order valence-corrected chi connectivity index (χ4v) is 3.65. The van der Waals surface area contributed by atoms with E-state index in [1.54, 1.807) is 25.3 Å². The van der Waals surface area contributed by atoms with Crippen molar-refractivity contribution in [3.05, 3.63) is 59.9 Å². The van der Waals surface area contributed by atoms with Crippen LogP contribution in [0.5, 0.6) is 5.75 Å². The van der Waals surface area contributed by atoms with Gasteiger partial charge in [0.1, 0.15) is 11.6 Å². The fraction of sp³-hybridized carbons (Fsp3) is 0.273. The number of pyridine rings is 1. The van der Waals surface area contributed by atoms with Crippen LogP contribution in [-0.2, 0) is 0 Å². The SMILES string of the molecule is Cc1cc(OC(F)(F)Cl)ccc1NC(=O)c1cnc(N2CCCC2)c(-c2cccnn2)c1. The Hall–Kier alpha value is -3.33. The highest BCUT2D eigenvalue weighted by atomic mass is 35.5. The molecule has 0 atom stereocenters. The molecule has 1 aromatic carbocycles. The molecule has 0 spiro atoms. The summed E-state index contributed by atoms with van der Waals surface area (Å²) in [6.45, 7) is 3.44. The van der Waals surface area contributed by atoms with Gasteiger partial charge in [-0.1, -0.05) is 0 Å². The van der Waals surface area contributed by atoms with Gasteiger partial charge in [-0.15, -0.1) is 8.78 Å². The zero-order valence-electron chi connectivity index (χ0n) is 17.2. The molecule has 3 aromatic rings. The number of carbonyl (C=O) groups is 1. The number of ether oxygens (including phenoxy) is 1. The standard InChI is InChI=1S/C22H20ClF2N5O2/c1-14-11-16(32-22(23,24)25)6-7-18(14)28-21(31)15-12-17(19-5-4-8-27-29-19)20(26-13-15)30-9-2-3-10-30/h4-8,11-13H,2-3,9-10H2,1H3,(H,28,31). The van der Waals surface area contributed by atoms with E-state index in [0.717, 1.165) is 37.3 Å². The van der Waals surface area contributed by atoms with Crippen molar-refractivity contribution in [2.45, 2.75) is 25.3 Å². The molecule has 166 valence electrons. The third-order valence-electron chi connectivity index (χ3n) is 5.06. The smallest absolute Gasteiger partial charge is 0.420 e. The zero-order chi connectivity index (χ0) is 22.7. The molecule has 0 aliphatic carbocycles. The summed E-state index contributed by atoms with van der Waals surface area (Å²) >= 11 is 4.80. The second kappa shape index (κ2) is 9.04. The third kappa shape index (κ3) is 5.11. The Labute approximate surface area is 188 Å². The van der Waals surface area contributed by atoms with Gasteiger partial charge in [-0.25, -0.2) is 4.98 Å². The maximum Gasteiger partial charge on any atom is 0.487 e. The van der Waals surface area contributed by atoms with E-state index in [2.05, 4.69) is 30.1 Å². The Balaban J connectivity index is 1.60. The molecule has 3 heterocycles. The van der Waals surface area contributed by atoms with Gasteiger partial charge in [0, 0.05) is 48.3 Å². The van der Waals surface area contributed by atoms with Gasteiger partial charge in [-0.2, -0.15) is 10.2 Å². The van der Waals surface area contributed by atoms with Crippen molar-refractivity contribution in [2.24, 2.45) is 0 Å². The van der Waals surface area contributed by atoms with E-state index < -0.39 is 11.5 Å². The number of halogens is 3. The Morgan fingerprint density at radius 3 is 2.66 bits per heavy atom. The Bertz CT molecular complexity index is 1120. The number of amides is 1. The van der Waals surface area contributed by atoms with Crippen molar-refractivity contribution in [1.82, 2.24) is 15.2 Å². The molecule has 2 aromatic heterocycles. The molecule has 0 bridgehead atoms. The number of hydrogen-bond donors (Lipinski definition) is 1. The summed E-state index contributed by atoms with van der Waals surface area (Å²) in [4.78, 5) is 19.6.